The zero-order valence-electron chi connectivity index (χ0n) is 14.1. The summed E-state index contributed by atoms with van der Waals surface area (Å²) in [4.78, 5) is 29.2. The van der Waals surface area contributed by atoms with Crippen LogP contribution in [0.4, 0.5) is 0 Å². The molecule has 1 aromatic carbocycles. The van der Waals surface area contributed by atoms with E-state index in [1.807, 2.05) is 6.07 Å². The molecule has 132 valence electrons. The fraction of sp³-hybridized carbons (Fsp3) is 0.263. The normalized spacial score (nSPS) is 14.5. The summed E-state index contributed by atoms with van der Waals surface area (Å²) < 4.78 is 5.92. The van der Waals surface area contributed by atoms with Gasteiger partial charge in [-0.05, 0) is 30.3 Å². The number of likely N-dealkylation sites (tertiary alicyclic amines) is 1. The third kappa shape index (κ3) is 3.98. The Balaban J connectivity index is 1.56. The largest absolute Gasteiger partial charge is 0.490 e. The minimum absolute atomic E-state index is 0.00311. The van der Waals surface area contributed by atoms with Gasteiger partial charge in [0.15, 0.2) is 0 Å². The molecule has 2 N–H and O–H groups in total. The highest BCUT2D eigenvalue weighted by molar-refractivity contribution is 5.95. The number of pyridine rings is 1. The summed E-state index contributed by atoms with van der Waals surface area (Å²) in [6, 6.07) is 12.2. The van der Waals surface area contributed by atoms with Crippen molar-refractivity contribution in [3.8, 4) is 11.8 Å². The molecule has 0 saturated carbocycles. The Morgan fingerprint density at radius 1 is 1.23 bits per heavy atom. The van der Waals surface area contributed by atoms with Gasteiger partial charge in [-0.25, -0.2) is 0 Å². The Labute approximate surface area is 151 Å². The van der Waals surface area contributed by atoms with E-state index in [9.17, 15) is 9.59 Å². The number of aromatic nitrogens is 1. The molecular formula is C19H18N4O3. The lowest BCUT2D eigenvalue weighted by molar-refractivity contribution is 0.0594. The molecule has 0 radical (unpaired) electrons. The van der Waals surface area contributed by atoms with Gasteiger partial charge in [-0.3, -0.25) is 14.6 Å². The van der Waals surface area contributed by atoms with Crippen molar-refractivity contribution in [1.82, 2.24) is 9.88 Å². The van der Waals surface area contributed by atoms with Crippen LogP contribution in [0.15, 0.2) is 42.6 Å². The molecule has 0 atom stereocenters. The summed E-state index contributed by atoms with van der Waals surface area (Å²) in [5.74, 6) is -0.0825. The van der Waals surface area contributed by atoms with Crippen LogP contribution in [-0.2, 0) is 0 Å². The number of hydrogen-bond donors (Lipinski definition) is 1. The zero-order chi connectivity index (χ0) is 18.5. The van der Waals surface area contributed by atoms with Gasteiger partial charge in [-0.2, -0.15) is 5.26 Å². The Morgan fingerprint density at radius 2 is 2.00 bits per heavy atom. The standard InChI is InChI=1S/C19H18N4O3/c20-11-13-2-1-3-16(10-13)26-15-6-8-23(9-7-15)19(25)14-4-5-17(18(21)24)22-12-14/h1-5,10,12,15H,6-9H2,(H2,21,24). The van der Waals surface area contributed by atoms with Gasteiger partial charge in [-0.15, -0.1) is 0 Å². The Kier molecular flexibility index (Phi) is 5.13. The molecule has 3 rings (SSSR count). The molecule has 1 aliphatic rings. The van der Waals surface area contributed by atoms with E-state index in [1.165, 1.54) is 12.3 Å². The summed E-state index contributed by atoms with van der Waals surface area (Å²) in [5, 5.41) is 8.94. The molecule has 1 aromatic heterocycles. The number of rotatable bonds is 4. The fourth-order valence-electron chi connectivity index (χ4n) is 2.86. The quantitative estimate of drug-likeness (QED) is 0.903. The first-order valence-electron chi connectivity index (χ1n) is 8.29. The number of nitrogens with two attached hydrogens (primary N) is 1. The third-order valence-corrected chi connectivity index (χ3v) is 4.26. The Bertz CT molecular complexity index is 850. The van der Waals surface area contributed by atoms with Gasteiger partial charge in [0.1, 0.15) is 17.5 Å². The summed E-state index contributed by atoms with van der Waals surface area (Å²) in [5.41, 5.74) is 6.27. The highest BCUT2D eigenvalue weighted by atomic mass is 16.5. The lowest BCUT2D eigenvalue weighted by Crippen LogP contribution is -2.41. The summed E-state index contributed by atoms with van der Waals surface area (Å²) in [6.45, 7) is 1.14. The molecule has 0 aliphatic carbocycles. The maximum Gasteiger partial charge on any atom is 0.267 e. The van der Waals surface area contributed by atoms with Gasteiger partial charge in [0.05, 0.1) is 17.2 Å². The minimum Gasteiger partial charge on any atom is -0.490 e. The monoisotopic (exact) mass is 350 g/mol. The molecule has 0 spiro atoms. The maximum atomic E-state index is 12.5. The summed E-state index contributed by atoms with van der Waals surface area (Å²) >= 11 is 0. The molecule has 2 amide bonds. The molecule has 26 heavy (non-hydrogen) atoms. The maximum absolute atomic E-state index is 12.5. The number of piperidine rings is 1. The van der Waals surface area contributed by atoms with Crippen LogP contribution in [0, 0.1) is 11.3 Å². The van der Waals surface area contributed by atoms with Crippen molar-refractivity contribution in [3.63, 3.8) is 0 Å². The van der Waals surface area contributed by atoms with Gasteiger partial charge in [0.25, 0.3) is 11.8 Å². The second kappa shape index (κ2) is 7.66. The van der Waals surface area contributed by atoms with Crippen molar-refractivity contribution >= 4 is 11.8 Å². The van der Waals surface area contributed by atoms with Crippen LogP contribution >= 0.6 is 0 Å². The van der Waals surface area contributed by atoms with Crippen LogP contribution in [0.5, 0.6) is 5.75 Å². The van der Waals surface area contributed by atoms with Crippen LogP contribution in [0.25, 0.3) is 0 Å². The van der Waals surface area contributed by atoms with Gasteiger partial charge in [0, 0.05) is 32.1 Å². The molecule has 1 aliphatic heterocycles. The minimum atomic E-state index is -0.623. The number of carbonyl (C=O) groups excluding carboxylic acids is 2. The van der Waals surface area contributed by atoms with Crippen LogP contribution in [0.1, 0.15) is 39.3 Å². The molecule has 2 aromatic rings. The smallest absolute Gasteiger partial charge is 0.267 e. The van der Waals surface area contributed by atoms with Crippen molar-refractivity contribution in [3.05, 3.63) is 59.4 Å². The highest BCUT2D eigenvalue weighted by Crippen LogP contribution is 2.21. The first kappa shape index (κ1) is 17.4. The number of amides is 2. The molecular weight excluding hydrogens is 332 g/mol. The van der Waals surface area contributed by atoms with Crippen molar-refractivity contribution in [2.75, 3.05) is 13.1 Å². The molecule has 1 fully saturated rings. The average molecular weight is 350 g/mol. The van der Waals surface area contributed by atoms with E-state index in [1.54, 1.807) is 29.2 Å². The molecule has 7 heteroatoms. The lowest BCUT2D eigenvalue weighted by atomic mass is 10.1. The average Bonchev–Trinajstić information content (AvgIpc) is 2.68. The summed E-state index contributed by atoms with van der Waals surface area (Å²) in [6.07, 6.45) is 2.78. The van der Waals surface area contributed by atoms with Crippen molar-refractivity contribution in [2.45, 2.75) is 18.9 Å². The van der Waals surface area contributed by atoms with E-state index < -0.39 is 5.91 Å². The SMILES string of the molecule is N#Cc1cccc(OC2CCN(C(=O)c3ccc(C(N)=O)nc3)CC2)c1. The second-order valence-electron chi connectivity index (χ2n) is 6.05. The van der Waals surface area contributed by atoms with Gasteiger partial charge < -0.3 is 15.4 Å². The van der Waals surface area contributed by atoms with Crippen LogP contribution in [-0.4, -0.2) is 40.9 Å². The molecule has 2 heterocycles. The molecule has 1 saturated heterocycles. The first-order valence-corrected chi connectivity index (χ1v) is 8.29. The predicted octanol–water partition coefficient (Wildman–Crippen LogP) is 1.74. The van der Waals surface area contributed by atoms with E-state index in [-0.39, 0.29) is 17.7 Å². The van der Waals surface area contributed by atoms with Crippen molar-refractivity contribution < 1.29 is 14.3 Å². The molecule has 0 bridgehead atoms. The van der Waals surface area contributed by atoms with E-state index in [0.717, 1.165) is 0 Å². The fourth-order valence-corrected chi connectivity index (χ4v) is 2.86. The van der Waals surface area contributed by atoms with Crippen LogP contribution < -0.4 is 10.5 Å². The third-order valence-electron chi connectivity index (χ3n) is 4.26. The summed E-state index contributed by atoms with van der Waals surface area (Å²) in [7, 11) is 0. The van der Waals surface area contributed by atoms with E-state index >= 15 is 0 Å². The number of carbonyl (C=O) groups is 2. The zero-order valence-corrected chi connectivity index (χ0v) is 14.1. The lowest BCUT2D eigenvalue weighted by Gasteiger charge is -2.32. The number of nitriles is 1. The first-order chi connectivity index (χ1) is 12.6. The number of hydrogen-bond acceptors (Lipinski definition) is 5. The number of ether oxygens (including phenoxy) is 1. The number of primary amides is 1. The van der Waals surface area contributed by atoms with Crippen LogP contribution in [0.3, 0.4) is 0 Å². The van der Waals surface area contributed by atoms with Crippen molar-refractivity contribution in [1.29, 1.82) is 5.26 Å². The Hall–Kier alpha value is -3.40. The number of benzene rings is 1. The van der Waals surface area contributed by atoms with Gasteiger partial charge in [-0.1, -0.05) is 6.07 Å². The predicted molar refractivity (Wildman–Crippen MR) is 93.5 cm³/mol. The molecule has 0 unspecified atom stereocenters. The van der Waals surface area contributed by atoms with Crippen molar-refractivity contribution in [2.24, 2.45) is 5.73 Å². The van der Waals surface area contributed by atoms with Crippen LogP contribution in [0.2, 0.25) is 0 Å². The van der Waals surface area contributed by atoms with E-state index in [0.29, 0.717) is 42.8 Å². The number of nitrogens with zero attached hydrogens (tertiary/aromatic N) is 3. The van der Waals surface area contributed by atoms with Gasteiger partial charge >= 0.3 is 0 Å². The van der Waals surface area contributed by atoms with Gasteiger partial charge in [0.2, 0.25) is 0 Å². The second-order valence-corrected chi connectivity index (χ2v) is 6.05. The Morgan fingerprint density at radius 3 is 2.62 bits per heavy atom. The highest BCUT2D eigenvalue weighted by Gasteiger charge is 2.25. The topological polar surface area (TPSA) is 109 Å². The van der Waals surface area contributed by atoms with E-state index in [4.69, 9.17) is 15.7 Å². The molecule has 7 nitrogen and oxygen atoms in total. The van der Waals surface area contributed by atoms with E-state index in [2.05, 4.69) is 11.1 Å².